The van der Waals surface area contributed by atoms with E-state index < -0.39 is 5.97 Å². The molecule has 2 aliphatic rings. The highest BCUT2D eigenvalue weighted by Crippen LogP contribution is 2.46. The molecule has 0 radical (unpaired) electrons. The first-order valence-corrected chi connectivity index (χ1v) is 14.3. The van der Waals surface area contributed by atoms with Crippen LogP contribution in [0.5, 0.6) is 5.75 Å². The predicted molar refractivity (Wildman–Crippen MR) is 153 cm³/mol. The second kappa shape index (κ2) is 11.4. The van der Waals surface area contributed by atoms with Crippen molar-refractivity contribution in [1.82, 2.24) is 5.32 Å². The van der Waals surface area contributed by atoms with Gasteiger partial charge in [-0.1, -0.05) is 53.9 Å². The molecule has 38 heavy (non-hydrogen) atoms. The van der Waals surface area contributed by atoms with Crippen LogP contribution >= 0.6 is 35.0 Å². The number of phenols is 1. The van der Waals surface area contributed by atoms with E-state index in [-0.39, 0.29) is 28.7 Å². The Bertz CT molecular complexity index is 1440. The fourth-order valence-electron chi connectivity index (χ4n) is 5.53. The minimum atomic E-state index is -1.08. The molecular weight excluding hydrogens is 541 g/mol. The lowest BCUT2D eigenvalue weighted by Gasteiger charge is -2.28. The number of thioether (sulfide) groups is 1. The molecule has 1 saturated carbocycles. The Morgan fingerprint density at radius 3 is 2.50 bits per heavy atom. The molecule has 5 nitrogen and oxygen atoms in total. The Morgan fingerprint density at radius 2 is 1.71 bits per heavy atom. The quantitative estimate of drug-likeness (QED) is 0.289. The van der Waals surface area contributed by atoms with Gasteiger partial charge in [-0.2, -0.15) is 0 Å². The van der Waals surface area contributed by atoms with Gasteiger partial charge in [0.15, 0.2) is 0 Å². The van der Waals surface area contributed by atoms with Crippen LogP contribution in [0.2, 0.25) is 10.0 Å². The fourth-order valence-corrected chi connectivity index (χ4v) is 7.39. The zero-order valence-corrected chi connectivity index (χ0v) is 22.9. The van der Waals surface area contributed by atoms with E-state index >= 15 is 0 Å². The first-order valence-electron chi connectivity index (χ1n) is 12.6. The van der Waals surface area contributed by atoms with E-state index in [0.717, 1.165) is 48.4 Å². The van der Waals surface area contributed by atoms with E-state index in [9.17, 15) is 19.8 Å². The minimum absolute atomic E-state index is 0.0640. The van der Waals surface area contributed by atoms with Gasteiger partial charge in [-0.3, -0.25) is 4.79 Å². The monoisotopic (exact) mass is 567 g/mol. The molecule has 1 aliphatic carbocycles. The molecule has 5 rings (SSSR count). The van der Waals surface area contributed by atoms with Crippen molar-refractivity contribution < 1.29 is 19.8 Å². The first kappa shape index (κ1) is 26.7. The van der Waals surface area contributed by atoms with Crippen molar-refractivity contribution >= 4 is 46.8 Å². The van der Waals surface area contributed by atoms with Gasteiger partial charge in [0.05, 0.1) is 16.2 Å². The van der Waals surface area contributed by atoms with Gasteiger partial charge in [0.1, 0.15) is 5.75 Å². The van der Waals surface area contributed by atoms with Crippen molar-refractivity contribution in [2.45, 2.75) is 38.0 Å². The number of nitrogens with one attached hydrogen (secondary N) is 1. The van der Waals surface area contributed by atoms with Crippen LogP contribution in [0.15, 0.2) is 71.3 Å². The first-order chi connectivity index (χ1) is 18.3. The van der Waals surface area contributed by atoms with Crippen LogP contribution in [-0.2, 0) is 0 Å². The zero-order chi connectivity index (χ0) is 26.8. The van der Waals surface area contributed by atoms with Crippen LogP contribution in [0.1, 0.15) is 64.3 Å². The lowest BCUT2D eigenvalue weighted by molar-refractivity contribution is 0.0697. The number of fused-ring (bicyclic) bond motifs is 1. The van der Waals surface area contributed by atoms with E-state index in [4.69, 9.17) is 23.2 Å². The van der Waals surface area contributed by atoms with E-state index in [0.29, 0.717) is 27.1 Å². The van der Waals surface area contributed by atoms with E-state index in [1.165, 1.54) is 23.8 Å². The maximum Gasteiger partial charge on any atom is 0.336 e. The number of benzene rings is 3. The molecule has 0 aromatic heterocycles. The summed E-state index contributed by atoms with van der Waals surface area (Å²) in [5.41, 5.74) is 3.52. The Morgan fingerprint density at radius 1 is 0.921 bits per heavy atom. The van der Waals surface area contributed by atoms with Crippen molar-refractivity contribution in [3.63, 3.8) is 0 Å². The Balaban J connectivity index is 1.47. The van der Waals surface area contributed by atoms with E-state index in [1.807, 2.05) is 12.1 Å². The van der Waals surface area contributed by atoms with Crippen LogP contribution in [-0.4, -0.2) is 27.8 Å². The molecule has 2 unspecified atom stereocenters. The molecule has 1 heterocycles. The molecule has 196 valence electrons. The lowest BCUT2D eigenvalue weighted by Crippen LogP contribution is -2.25. The number of rotatable bonds is 5. The number of allylic oxidation sites excluding steroid dienone is 1. The summed E-state index contributed by atoms with van der Waals surface area (Å²) in [4.78, 5) is 25.6. The van der Waals surface area contributed by atoms with Gasteiger partial charge < -0.3 is 15.5 Å². The summed E-state index contributed by atoms with van der Waals surface area (Å²) in [6.45, 7) is 0. The van der Waals surface area contributed by atoms with Gasteiger partial charge in [-0.15, -0.1) is 11.8 Å². The molecule has 0 spiro atoms. The number of halogens is 2. The SMILES string of the molecule is O=C(O)c1ccccc1-c1ccc(O)cc1C(=O)NC1=C2CCCCC2CC(c2ccc(Cl)cc2Cl)CS1. The van der Waals surface area contributed by atoms with Crippen LogP contribution in [0.4, 0.5) is 0 Å². The van der Waals surface area contributed by atoms with Crippen LogP contribution in [0.3, 0.4) is 0 Å². The number of aromatic carboxylic acids is 1. The number of carboxylic acid groups (broad SMARTS) is 1. The second-order valence-corrected chi connectivity index (χ2v) is 11.6. The van der Waals surface area contributed by atoms with Crippen molar-refractivity contribution in [3.8, 4) is 16.9 Å². The maximum absolute atomic E-state index is 13.7. The number of carbonyl (C=O) groups excluding carboxylic acids is 1. The molecule has 0 bridgehead atoms. The third-order valence-corrected chi connectivity index (χ3v) is 9.14. The molecule has 3 N–H and O–H groups in total. The summed E-state index contributed by atoms with van der Waals surface area (Å²) < 4.78 is 0. The van der Waals surface area contributed by atoms with E-state index in [1.54, 1.807) is 42.1 Å². The highest BCUT2D eigenvalue weighted by atomic mass is 35.5. The number of hydrogen-bond donors (Lipinski definition) is 3. The van der Waals surface area contributed by atoms with Crippen LogP contribution in [0, 0.1) is 5.92 Å². The Labute approximate surface area is 235 Å². The van der Waals surface area contributed by atoms with Crippen molar-refractivity contribution in [1.29, 1.82) is 0 Å². The minimum Gasteiger partial charge on any atom is -0.508 e. The lowest BCUT2D eigenvalue weighted by atomic mass is 9.78. The summed E-state index contributed by atoms with van der Waals surface area (Å²) in [7, 11) is 0. The average Bonchev–Trinajstić information content (AvgIpc) is 3.08. The van der Waals surface area contributed by atoms with Gasteiger partial charge in [-0.05, 0) is 96.2 Å². The standard InChI is InChI=1S/C30H27Cl2NO4S/c31-19-9-11-21(27(32)14-19)18-13-17-5-1-2-6-22(17)29(38-16-18)33-28(35)26-15-20(34)10-12-24(26)23-7-3-4-8-25(23)30(36)37/h3-4,7-12,14-15,17-18,34H,1-2,5-6,13,16H2,(H,33,35)(H,36,37). The molecule has 1 fully saturated rings. The number of aromatic hydroxyl groups is 1. The summed E-state index contributed by atoms with van der Waals surface area (Å²) in [5.74, 6) is -0.213. The summed E-state index contributed by atoms with van der Waals surface area (Å²) >= 11 is 14.3. The topological polar surface area (TPSA) is 86.6 Å². The van der Waals surface area contributed by atoms with Crippen LogP contribution < -0.4 is 5.32 Å². The summed E-state index contributed by atoms with van der Waals surface area (Å²) in [6.07, 6.45) is 5.14. The smallest absolute Gasteiger partial charge is 0.336 e. The Kier molecular flexibility index (Phi) is 8.03. The maximum atomic E-state index is 13.7. The van der Waals surface area contributed by atoms with Crippen molar-refractivity contribution in [2.75, 3.05) is 5.75 Å². The molecule has 3 aromatic rings. The van der Waals surface area contributed by atoms with Gasteiger partial charge in [0.2, 0.25) is 0 Å². The second-order valence-electron chi connectivity index (χ2n) is 9.74. The molecule has 1 aliphatic heterocycles. The molecule has 8 heteroatoms. The van der Waals surface area contributed by atoms with E-state index in [2.05, 4.69) is 5.32 Å². The van der Waals surface area contributed by atoms with Crippen LogP contribution in [0.25, 0.3) is 11.1 Å². The molecule has 3 aromatic carbocycles. The predicted octanol–water partition coefficient (Wildman–Crippen LogP) is 8.12. The largest absolute Gasteiger partial charge is 0.508 e. The van der Waals surface area contributed by atoms with Gasteiger partial charge in [0.25, 0.3) is 5.91 Å². The Hall–Kier alpha value is -2.93. The number of phenolic OH excluding ortho intramolecular Hbond substituents is 1. The zero-order valence-electron chi connectivity index (χ0n) is 20.5. The third kappa shape index (κ3) is 5.58. The van der Waals surface area contributed by atoms with Gasteiger partial charge >= 0.3 is 5.97 Å². The molecule has 2 atom stereocenters. The van der Waals surface area contributed by atoms with Gasteiger partial charge in [0, 0.05) is 15.8 Å². The molecular formula is C30H27Cl2NO4S. The highest BCUT2D eigenvalue weighted by Gasteiger charge is 2.32. The molecule has 0 saturated heterocycles. The van der Waals surface area contributed by atoms with Gasteiger partial charge in [-0.25, -0.2) is 4.79 Å². The summed E-state index contributed by atoms with van der Waals surface area (Å²) in [6, 6.07) is 16.7. The number of hydrogen-bond acceptors (Lipinski definition) is 4. The molecule has 1 amide bonds. The normalized spacial score (nSPS) is 19.4. The third-order valence-electron chi connectivity index (χ3n) is 7.36. The van der Waals surface area contributed by atoms with Crippen molar-refractivity contribution in [2.24, 2.45) is 5.92 Å². The fraction of sp³-hybridized carbons (Fsp3) is 0.267. The number of carbonyl (C=O) groups is 2. The average molecular weight is 569 g/mol. The number of carboxylic acids is 1. The van der Waals surface area contributed by atoms with Crippen molar-refractivity contribution in [3.05, 3.63) is 98.0 Å². The number of amides is 1. The highest BCUT2D eigenvalue weighted by molar-refractivity contribution is 8.03. The summed E-state index contributed by atoms with van der Waals surface area (Å²) in [5, 5.41) is 25.2.